The smallest absolute Gasteiger partial charge is 0.164 e. The molecule has 0 amide bonds. The third kappa shape index (κ3) is 5.04. The normalized spacial score (nSPS) is 11.9. The number of aromatic nitrogens is 4. The van der Waals surface area contributed by atoms with Crippen LogP contribution in [0.25, 0.3) is 115 Å². The first kappa shape index (κ1) is 31.9. The molecule has 0 aliphatic rings. The van der Waals surface area contributed by atoms with E-state index in [4.69, 9.17) is 19.4 Å². The summed E-state index contributed by atoms with van der Waals surface area (Å²) in [5.74, 6) is 1.94. The highest BCUT2D eigenvalue weighted by Gasteiger charge is 2.20. The van der Waals surface area contributed by atoms with Gasteiger partial charge in [-0.1, -0.05) is 121 Å². The van der Waals surface area contributed by atoms with Crippen LogP contribution in [0.2, 0.25) is 0 Å². The molecule has 8 aromatic carbocycles. The minimum absolute atomic E-state index is 0.642. The first-order valence-corrected chi connectivity index (χ1v) is 19.8. The second-order valence-corrected chi connectivity index (χ2v) is 15.4. The summed E-state index contributed by atoms with van der Waals surface area (Å²) >= 11 is 1.81. The molecule has 0 unspecified atom stereocenters. The van der Waals surface area contributed by atoms with E-state index in [2.05, 4.69) is 126 Å². The summed E-state index contributed by atoms with van der Waals surface area (Å²) in [5.41, 5.74) is 10.3. The lowest BCUT2D eigenvalue weighted by Gasteiger charge is -2.10. The van der Waals surface area contributed by atoms with Crippen molar-refractivity contribution in [3.63, 3.8) is 0 Å². The van der Waals surface area contributed by atoms with Crippen LogP contribution in [0, 0.1) is 0 Å². The highest BCUT2D eigenvalue weighted by molar-refractivity contribution is 7.26. The molecule has 6 heteroatoms. The molecule has 4 aromatic heterocycles. The average molecular weight is 747 g/mol. The predicted octanol–water partition coefficient (Wildman–Crippen LogP) is 13.9. The van der Waals surface area contributed by atoms with Crippen molar-refractivity contribution in [2.45, 2.75) is 0 Å². The molecule has 0 N–H and O–H groups in total. The summed E-state index contributed by atoms with van der Waals surface area (Å²) in [6, 6.07) is 63.7. The van der Waals surface area contributed by atoms with Crippen LogP contribution in [0.5, 0.6) is 0 Å². The van der Waals surface area contributed by atoms with Crippen LogP contribution in [-0.2, 0) is 0 Å². The van der Waals surface area contributed by atoms with E-state index in [-0.39, 0.29) is 0 Å². The van der Waals surface area contributed by atoms with Gasteiger partial charge in [0.1, 0.15) is 11.2 Å². The molecule has 0 saturated carbocycles. The molecule has 0 fully saturated rings. The Labute approximate surface area is 330 Å². The van der Waals surface area contributed by atoms with Crippen LogP contribution in [0.3, 0.4) is 0 Å². The maximum atomic E-state index is 6.70. The van der Waals surface area contributed by atoms with Gasteiger partial charge in [0.25, 0.3) is 0 Å². The van der Waals surface area contributed by atoms with E-state index in [1.54, 1.807) is 0 Å². The average Bonchev–Trinajstić information content (AvgIpc) is 3.96. The zero-order valence-corrected chi connectivity index (χ0v) is 31.2. The standard InChI is InChI=1S/C51H30N4OS/c1-3-13-31(14-4-1)49-52-50(32-15-5-2-6-16-32)54-51(53-49)33-25-28-45-40(29-33)48-38(20-12-24-46(48)57-45)37-19-11-23-43-47(37)39-27-26-34(30-44(39)56-43)55-41-21-9-7-17-35(41)36-18-8-10-22-42(36)55/h1-30H. The molecule has 0 radical (unpaired) electrons. The molecule has 12 rings (SSSR count). The van der Waals surface area contributed by atoms with E-state index in [0.717, 1.165) is 49.9 Å². The largest absolute Gasteiger partial charge is 0.456 e. The zero-order chi connectivity index (χ0) is 37.5. The Bertz CT molecular complexity index is 3420. The molecular weight excluding hydrogens is 717 g/mol. The minimum Gasteiger partial charge on any atom is -0.456 e. The lowest BCUT2D eigenvalue weighted by Crippen LogP contribution is -2.00. The first-order chi connectivity index (χ1) is 28.2. The Kier molecular flexibility index (Phi) is 7.03. The molecule has 5 nitrogen and oxygen atoms in total. The molecular formula is C51H30N4OS. The van der Waals surface area contributed by atoms with Gasteiger partial charge in [-0.2, -0.15) is 0 Å². The van der Waals surface area contributed by atoms with Gasteiger partial charge in [-0.05, 0) is 65.7 Å². The molecule has 0 saturated heterocycles. The molecule has 0 aliphatic heterocycles. The third-order valence-electron chi connectivity index (χ3n) is 11.1. The van der Waals surface area contributed by atoms with Gasteiger partial charge in [0, 0.05) is 70.2 Å². The monoisotopic (exact) mass is 746 g/mol. The van der Waals surface area contributed by atoms with Crippen molar-refractivity contribution in [2.75, 3.05) is 0 Å². The molecule has 0 bridgehead atoms. The number of nitrogens with zero attached hydrogens (tertiary/aromatic N) is 4. The van der Waals surface area contributed by atoms with E-state index in [9.17, 15) is 0 Å². The summed E-state index contributed by atoms with van der Waals surface area (Å²) < 4.78 is 11.5. The molecule has 0 spiro atoms. The highest BCUT2D eigenvalue weighted by atomic mass is 32.1. The van der Waals surface area contributed by atoms with Crippen LogP contribution in [-0.4, -0.2) is 19.5 Å². The van der Waals surface area contributed by atoms with Crippen molar-refractivity contribution in [1.29, 1.82) is 0 Å². The topological polar surface area (TPSA) is 56.7 Å². The van der Waals surface area contributed by atoms with E-state index in [1.165, 1.54) is 47.5 Å². The number of fused-ring (bicyclic) bond motifs is 9. The maximum absolute atomic E-state index is 6.70. The number of hydrogen-bond acceptors (Lipinski definition) is 5. The Hall–Kier alpha value is -7.41. The van der Waals surface area contributed by atoms with E-state index >= 15 is 0 Å². The zero-order valence-electron chi connectivity index (χ0n) is 30.4. The van der Waals surface area contributed by atoms with E-state index in [1.807, 2.05) is 72.0 Å². The number of thiophene rings is 1. The summed E-state index contributed by atoms with van der Waals surface area (Å²) in [6.45, 7) is 0. The summed E-state index contributed by atoms with van der Waals surface area (Å²) in [7, 11) is 0. The second kappa shape index (κ2) is 12.6. The predicted molar refractivity (Wildman–Crippen MR) is 236 cm³/mol. The third-order valence-corrected chi connectivity index (χ3v) is 12.2. The minimum atomic E-state index is 0.642. The lowest BCUT2D eigenvalue weighted by molar-refractivity contribution is 0.668. The molecule has 0 aliphatic carbocycles. The number of benzene rings is 8. The SMILES string of the molecule is c1ccc(-c2nc(-c3ccccc3)nc(-c3ccc4sc5cccc(-c6cccc7oc8cc(-n9c%10ccccc%10c%10ccccc%109)ccc8c67)c5c4c3)n2)cc1. The van der Waals surface area contributed by atoms with E-state index < -0.39 is 0 Å². The van der Waals surface area contributed by atoms with E-state index in [0.29, 0.717) is 17.5 Å². The van der Waals surface area contributed by atoms with Gasteiger partial charge in [-0.15, -0.1) is 11.3 Å². The number of para-hydroxylation sites is 2. The number of rotatable bonds is 5. The van der Waals surface area contributed by atoms with Crippen molar-refractivity contribution >= 4 is 75.3 Å². The van der Waals surface area contributed by atoms with Crippen LogP contribution in [0.1, 0.15) is 0 Å². The Morgan fingerprint density at radius 1 is 0.386 bits per heavy atom. The fourth-order valence-electron chi connectivity index (χ4n) is 8.51. The molecule has 12 aromatic rings. The van der Waals surface area contributed by atoms with Gasteiger partial charge in [0.15, 0.2) is 17.5 Å². The quantitative estimate of drug-likeness (QED) is 0.176. The fraction of sp³-hybridized carbons (Fsp3) is 0. The highest BCUT2D eigenvalue weighted by Crippen LogP contribution is 2.45. The summed E-state index contributed by atoms with van der Waals surface area (Å²) in [4.78, 5) is 15.0. The number of furan rings is 1. The van der Waals surface area contributed by atoms with Crippen molar-refractivity contribution in [3.8, 4) is 51.0 Å². The number of hydrogen-bond donors (Lipinski definition) is 0. The van der Waals surface area contributed by atoms with Crippen molar-refractivity contribution in [2.24, 2.45) is 0 Å². The molecule has 57 heavy (non-hydrogen) atoms. The van der Waals surface area contributed by atoms with Crippen LogP contribution < -0.4 is 0 Å². The van der Waals surface area contributed by atoms with Gasteiger partial charge in [-0.3, -0.25) is 0 Å². The second-order valence-electron chi connectivity index (χ2n) is 14.4. The first-order valence-electron chi connectivity index (χ1n) is 19.0. The lowest BCUT2D eigenvalue weighted by atomic mass is 9.95. The van der Waals surface area contributed by atoms with Crippen molar-refractivity contribution < 1.29 is 4.42 Å². The van der Waals surface area contributed by atoms with Crippen molar-refractivity contribution in [1.82, 2.24) is 19.5 Å². The molecule has 266 valence electrons. The van der Waals surface area contributed by atoms with Gasteiger partial charge < -0.3 is 8.98 Å². The van der Waals surface area contributed by atoms with Crippen LogP contribution >= 0.6 is 11.3 Å². The van der Waals surface area contributed by atoms with Crippen LogP contribution in [0.4, 0.5) is 0 Å². The van der Waals surface area contributed by atoms with Gasteiger partial charge in [-0.25, -0.2) is 15.0 Å². The van der Waals surface area contributed by atoms with Gasteiger partial charge >= 0.3 is 0 Å². The summed E-state index contributed by atoms with van der Waals surface area (Å²) in [5, 5.41) is 7.07. The van der Waals surface area contributed by atoms with Crippen molar-refractivity contribution in [3.05, 3.63) is 182 Å². The summed E-state index contributed by atoms with van der Waals surface area (Å²) in [6.07, 6.45) is 0. The molecule has 0 atom stereocenters. The van der Waals surface area contributed by atoms with Crippen LogP contribution in [0.15, 0.2) is 186 Å². The maximum Gasteiger partial charge on any atom is 0.164 e. The fourth-order valence-corrected chi connectivity index (χ4v) is 9.62. The van der Waals surface area contributed by atoms with Gasteiger partial charge in [0.2, 0.25) is 0 Å². The van der Waals surface area contributed by atoms with Gasteiger partial charge in [0.05, 0.1) is 11.0 Å². The molecule has 4 heterocycles. The Balaban J connectivity index is 1.04. The Morgan fingerprint density at radius 2 is 0.982 bits per heavy atom. The Morgan fingerprint density at radius 3 is 1.67 bits per heavy atom.